The van der Waals surface area contributed by atoms with Crippen LogP contribution in [-0.2, 0) is 4.79 Å². The number of carbonyl (C=O) groups excluding carboxylic acids is 3. The molecule has 0 aliphatic heterocycles. The van der Waals surface area contributed by atoms with Crippen LogP contribution in [-0.4, -0.2) is 43.3 Å². The predicted octanol–water partition coefficient (Wildman–Crippen LogP) is 6.25. The first-order valence-corrected chi connectivity index (χ1v) is 11.2. The molecule has 5 nitrogen and oxygen atoms in total. The maximum atomic E-state index is 14.9. The van der Waals surface area contributed by atoms with Crippen molar-refractivity contribution in [1.82, 2.24) is 10.6 Å². The first-order chi connectivity index (χ1) is 16.2. The van der Waals surface area contributed by atoms with Crippen molar-refractivity contribution in [2.45, 2.75) is 26.1 Å². The molecular weight excluding hydrogens is 569 g/mol. The van der Waals surface area contributed by atoms with Crippen LogP contribution in [0.5, 0.6) is 0 Å². The van der Waals surface area contributed by atoms with Gasteiger partial charge in [-0.25, -0.2) is 26.3 Å². The maximum Gasteiger partial charge on any atom is 0.287 e. The van der Waals surface area contributed by atoms with E-state index >= 15 is 0 Å². The molecular formula is C20H13Cl3F6N2O3S. The van der Waals surface area contributed by atoms with Gasteiger partial charge in [0, 0.05) is 0 Å². The summed E-state index contributed by atoms with van der Waals surface area (Å²) >= 11 is 17.8. The van der Waals surface area contributed by atoms with Gasteiger partial charge in [-0.15, -0.1) is 11.3 Å². The summed E-state index contributed by atoms with van der Waals surface area (Å²) in [6.07, 6.45) is -9.86. The molecule has 0 spiro atoms. The number of hydrogen-bond donors (Lipinski definition) is 2. The number of carbonyl (C=O) groups is 3. The second kappa shape index (κ2) is 12.1. The molecule has 0 radical (unpaired) electrons. The number of hydrogen-bond acceptors (Lipinski definition) is 4. The lowest BCUT2D eigenvalue weighted by atomic mass is 10.0. The summed E-state index contributed by atoms with van der Waals surface area (Å²) < 4.78 is 79.3. The number of rotatable bonds is 9. The van der Waals surface area contributed by atoms with E-state index in [2.05, 4.69) is 0 Å². The zero-order chi connectivity index (χ0) is 26.6. The topological polar surface area (TPSA) is 75.3 Å². The minimum absolute atomic E-state index is 0.121. The minimum Gasteiger partial charge on any atom is -0.342 e. The molecule has 1 unspecified atom stereocenters. The van der Waals surface area contributed by atoms with E-state index < -0.39 is 65.1 Å². The van der Waals surface area contributed by atoms with Crippen molar-refractivity contribution >= 4 is 69.3 Å². The van der Waals surface area contributed by atoms with Crippen LogP contribution in [0.2, 0.25) is 15.1 Å². The Morgan fingerprint density at radius 1 is 1.00 bits per heavy atom. The Labute approximate surface area is 213 Å². The molecule has 1 aromatic carbocycles. The van der Waals surface area contributed by atoms with Crippen molar-refractivity contribution in [3.63, 3.8) is 0 Å². The normalized spacial score (nSPS) is 13.0. The molecule has 35 heavy (non-hydrogen) atoms. The summed E-state index contributed by atoms with van der Waals surface area (Å²) in [6.45, 7) is 0.458. The summed E-state index contributed by atoms with van der Waals surface area (Å²) in [6, 6.07) is 2.87. The lowest BCUT2D eigenvalue weighted by Gasteiger charge is -2.10. The third-order valence-corrected chi connectivity index (χ3v) is 6.66. The van der Waals surface area contributed by atoms with Gasteiger partial charge in [-0.05, 0) is 36.2 Å². The number of nitrogens with one attached hydrogen (secondary N) is 2. The third-order valence-electron chi connectivity index (χ3n) is 4.23. The number of Topliss-reactive ketones (excluding diaryl/α,β-unsaturated/α-hetero) is 1. The summed E-state index contributed by atoms with van der Waals surface area (Å²) in [5.74, 6) is -5.52. The molecule has 15 heteroatoms. The van der Waals surface area contributed by atoms with Crippen LogP contribution in [0.15, 0.2) is 24.0 Å². The first kappa shape index (κ1) is 29.0. The number of thiophene rings is 1. The van der Waals surface area contributed by atoms with Crippen molar-refractivity contribution in [3.8, 4) is 0 Å². The molecule has 2 rings (SSSR count). The van der Waals surface area contributed by atoms with E-state index in [-0.39, 0.29) is 25.5 Å². The smallest absolute Gasteiger partial charge is 0.287 e. The van der Waals surface area contributed by atoms with Crippen LogP contribution in [0.3, 0.4) is 0 Å². The van der Waals surface area contributed by atoms with Gasteiger partial charge in [-0.1, -0.05) is 34.8 Å². The molecule has 0 fully saturated rings. The van der Waals surface area contributed by atoms with Crippen molar-refractivity contribution in [3.05, 3.63) is 60.0 Å². The second-order valence-corrected chi connectivity index (χ2v) is 8.97. The van der Waals surface area contributed by atoms with E-state index in [1.807, 2.05) is 5.32 Å². The van der Waals surface area contributed by atoms with Crippen LogP contribution in [0.1, 0.15) is 30.5 Å². The Morgan fingerprint density at radius 3 is 2.09 bits per heavy atom. The quantitative estimate of drug-likeness (QED) is 0.121. The fourth-order valence-electron chi connectivity index (χ4n) is 2.62. The van der Waals surface area contributed by atoms with Gasteiger partial charge >= 0.3 is 0 Å². The summed E-state index contributed by atoms with van der Waals surface area (Å²) in [7, 11) is 0. The zero-order valence-electron chi connectivity index (χ0n) is 17.2. The largest absolute Gasteiger partial charge is 0.342 e. The Bertz CT molecular complexity index is 1170. The van der Waals surface area contributed by atoms with Crippen LogP contribution in [0.25, 0.3) is 5.57 Å². The zero-order valence-corrected chi connectivity index (χ0v) is 20.3. The maximum absolute atomic E-state index is 14.9. The second-order valence-electron chi connectivity index (χ2n) is 6.72. The summed E-state index contributed by atoms with van der Waals surface area (Å²) in [5.41, 5.74) is -1.67. The monoisotopic (exact) mass is 580 g/mol. The van der Waals surface area contributed by atoms with E-state index in [0.717, 1.165) is 18.2 Å². The average Bonchev–Trinajstić information content (AvgIpc) is 3.16. The van der Waals surface area contributed by atoms with Gasteiger partial charge in [0.05, 0.1) is 36.9 Å². The molecule has 0 aliphatic rings. The number of amides is 2. The third kappa shape index (κ3) is 7.12. The van der Waals surface area contributed by atoms with E-state index in [1.54, 1.807) is 0 Å². The van der Waals surface area contributed by atoms with Crippen molar-refractivity contribution in [1.29, 1.82) is 0 Å². The SMILES string of the molecule is Cc1cc(C(=O)C(F)=C(c2cc(Cl)c(Cl)c(Cl)c2)C(F)F)sc1C(=O)NCC(=O)NC(F)C(F)F. The molecule has 2 amide bonds. The Kier molecular flexibility index (Phi) is 10.0. The minimum atomic E-state index is -3.47. The van der Waals surface area contributed by atoms with Gasteiger partial charge in [0.1, 0.15) is 0 Å². The van der Waals surface area contributed by atoms with Crippen molar-refractivity contribution in [2.24, 2.45) is 0 Å². The Morgan fingerprint density at radius 2 is 1.57 bits per heavy atom. The molecule has 0 aliphatic carbocycles. The highest BCUT2D eigenvalue weighted by Gasteiger charge is 2.29. The number of benzene rings is 1. The number of alkyl halides is 5. The molecule has 2 aromatic rings. The summed E-state index contributed by atoms with van der Waals surface area (Å²) in [4.78, 5) is 35.6. The van der Waals surface area contributed by atoms with E-state index in [1.165, 1.54) is 12.2 Å². The lowest BCUT2D eigenvalue weighted by molar-refractivity contribution is -0.124. The van der Waals surface area contributed by atoms with Gasteiger partial charge in [-0.3, -0.25) is 14.4 Å². The molecule has 2 N–H and O–H groups in total. The molecule has 1 aromatic heterocycles. The Balaban J connectivity index is 2.29. The van der Waals surface area contributed by atoms with Gasteiger partial charge < -0.3 is 10.6 Å². The molecule has 0 saturated heterocycles. The van der Waals surface area contributed by atoms with Crippen molar-refractivity contribution in [2.75, 3.05) is 6.54 Å². The number of halogens is 9. The standard InChI is InChI=1S/C20H13Cl3F6N2O3S/c1-6-2-10(35-16(6)20(34)30-5-11(32)31-19(29)18(27)28)15(33)14(24)12(17(25)26)7-3-8(21)13(23)9(22)4-7/h2-4,17-19H,5H2,1H3,(H,30,34)(H,31,32). The number of aryl methyl sites for hydroxylation is 1. The van der Waals surface area contributed by atoms with E-state index in [9.17, 15) is 40.7 Å². The lowest BCUT2D eigenvalue weighted by Crippen LogP contribution is -2.42. The van der Waals surface area contributed by atoms with Gasteiger partial charge in [0.2, 0.25) is 18.0 Å². The first-order valence-electron chi connectivity index (χ1n) is 9.22. The average molecular weight is 582 g/mol. The van der Waals surface area contributed by atoms with Gasteiger partial charge in [0.25, 0.3) is 18.8 Å². The summed E-state index contributed by atoms with van der Waals surface area (Å²) in [5, 5.41) is 2.66. The molecule has 190 valence electrons. The highest BCUT2D eigenvalue weighted by molar-refractivity contribution is 7.16. The van der Waals surface area contributed by atoms with Crippen LogP contribution in [0.4, 0.5) is 26.3 Å². The highest BCUT2D eigenvalue weighted by Crippen LogP contribution is 2.37. The van der Waals surface area contributed by atoms with Gasteiger partial charge in [-0.2, -0.15) is 0 Å². The Hall–Kier alpha value is -2.28. The molecule has 1 heterocycles. The molecule has 1 atom stereocenters. The number of ketones is 1. The molecule has 0 bridgehead atoms. The van der Waals surface area contributed by atoms with Crippen LogP contribution < -0.4 is 10.6 Å². The van der Waals surface area contributed by atoms with Crippen molar-refractivity contribution < 1.29 is 40.7 Å². The van der Waals surface area contributed by atoms with Gasteiger partial charge in [0.15, 0.2) is 5.83 Å². The number of allylic oxidation sites excluding steroid dienone is 2. The fraction of sp³-hybridized carbons (Fsp3) is 0.250. The van der Waals surface area contributed by atoms with Crippen LogP contribution >= 0.6 is 46.1 Å². The fourth-order valence-corrected chi connectivity index (χ4v) is 4.24. The van der Waals surface area contributed by atoms with E-state index in [0.29, 0.717) is 11.3 Å². The molecule has 0 saturated carbocycles. The predicted molar refractivity (Wildman–Crippen MR) is 120 cm³/mol. The van der Waals surface area contributed by atoms with Crippen LogP contribution in [0, 0.1) is 6.92 Å². The highest BCUT2D eigenvalue weighted by atomic mass is 35.5. The van der Waals surface area contributed by atoms with E-state index in [4.69, 9.17) is 34.8 Å².